The number of anilines is 3. The van der Waals surface area contributed by atoms with Crippen molar-refractivity contribution in [1.82, 2.24) is 15.3 Å². The summed E-state index contributed by atoms with van der Waals surface area (Å²) in [6.45, 7) is 0.497. The van der Waals surface area contributed by atoms with E-state index >= 15 is 0 Å². The number of carboxylic acid groups (broad SMARTS) is 2. The molecule has 0 spiro atoms. The number of aliphatic carboxylic acids is 2. The van der Waals surface area contributed by atoms with Gasteiger partial charge in [0.25, 0.3) is 17.4 Å². The Bertz CT molecular complexity index is 1200. The van der Waals surface area contributed by atoms with Crippen LogP contribution >= 0.6 is 0 Å². The average molecular weight is 486 g/mol. The van der Waals surface area contributed by atoms with Gasteiger partial charge in [-0.05, 0) is 30.7 Å². The van der Waals surface area contributed by atoms with Crippen LogP contribution in [0, 0.1) is 5.53 Å². The van der Waals surface area contributed by atoms with E-state index in [0.717, 1.165) is 0 Å². The summed E-state index contributed by atoms with van der Waals surface area (Å²) in [5.41, 5.74) is 7.13. The highest BCUT2D eigenvalue weighted by Gasteiger charge is 2.30. The summed E-state index contributed by atoms with van der Waals surface area (Å²) in [6.07, 6.45) is -0.141. The first-order valence-corrected chi connectivity index (χ1v) is 10.3. The Balaban J connectivity index is 1.63. The Kier molecular flexibility index (Phi) is 7.70. The quantitative estimate of drug-likeness (QED) is 0.170. The Morgan fingerprint density at radius 2 is 2.00 bits per heavy atom. The number of nitrogens with one attached hydrogen (secondary N) is 5. The number of amides is 2. The van der Waals surface area contributed by atoms with E-state index < -0.39 is 41.9 Å². The summed E-state index contributed by atoms with van der Waals surface area (Å²) in [6, 6.07) is 4.27. The number of fused-ring (bicyclic) bond motifs is 1. The molecular formula is C20H22N8O7. The number of benzene rings is 1. The van der Waals surface area contributed by atoms with Gasteiger partial charge in [0, 0.05) is 30.8 Å². The van der Waals surface area contributed by atoms with Crippen LogP contribution in [0.2, 0.25) is 0 Å². The predicted molar refractivity (Wildman–Crippen MR) is 121 cm³/mol. The van der Waals surface area contributed by atoms with E-state index in [1.807, 2.05) is 0 Å². The van der Waals surface area contributed by atoms with Crippen LogP contribution in [0.4, 0.5) is 23.1 Å². The lowest BCUT2D eigenvalue weighted by molar-refractivity contribution is -0.140. The first kappa shape index (κ1) is 24.8. The SMILES string of the molecule is N=Nc1nc2c(c(=O)[nH]1)N(C=O)C(CNc1ccc(C(=O)NC(CCC(=O)O)C(=O)O)cc1)CN2. The topological polar surface area (TPSA) is 230 Å². The van der Waals surface area contributed by atoms with E-state index in [1.54, 1.807) is 12.1 Å². The van der Waals surface area contributed by atoms with Crippen molar-refractivity contribution in [3.63, 3.8) is 0 Å². The maximum Gasteiger partial charge on any atom is 0.326 e. The van der Waals surface area contributed by atoms with Gasteiger partial charge in [-0.15, -0.1) is 5.11 Å². The monoisotopic (exact) mass is 486 g/mol. The van der Waals surface area contributed by atoms with E-state index in [2.05, 4.69) is 31.0 Å². The fourth-order valence-electron chi connectivity index (χ4n) is 3.42. The van der Waals surface area contributed by atoms with Crippen molar-refractivity contribution in [2.45, 2.75) is 24.9 Å². The van der Waals surface area contributed by atoms with Gasteiger partial charge in [-0.25, -0.2) is 10.3 Å². The zero-order valence-corrected chi connectivity index (χ0v) is 18.1. The number of rotatable bonds is 11. The minimum atomic E-state index is -1.34. The van der Waals surface area contributed by atoms with Crippen molar-refractivity contribution in [2.75, 3.05) is 28.6 Å². The molecule has 0 aliphatic carbocycles. The molecule has 2 heterocycles. The van der Waals surface area contributed by atoms with Gasteiger partial charge in [0.1, 0.15) is 6.04 Å². The molecule has 0 fully saturated rings. The van der Waals surface area contributed by atoms with Gasteiger partial charge in [-0.1, -0.05) is 0 Å². The number of aromatic amines is 1. The molecule has 2 amide bonds. The van der Waals surface area contributed by atoms with E-state index in [0.29, 0.717) is 12.1 Å². The van der Waals surface area contributed by atoms with Gasteiger partial charge in [0.05, 0.1) is 6.04 Å². The third-order valence-electron chi connectivity index (χ3n) is 5.20. The summed E-state index contributed by atoms with van der Waals surface area (Å²) >= 11 is 0. The molecule has 0 bridgehead atoms. The van der Waals surface area contributed by atoms with Crippen molar-refractivity contribution < 1.29 is 29.4 Å². The largest absolute Gasteiger partial charge is 0.481 e. The second-order valence-electron chi connectivity index (χ2n) is 7.50. The molecule has 2 atom stereocenters. The summed E-state index contributed by atoms with van der Waals surface area (Å²) < 4.78 is 0. The summed E-state index contributed by atoms with van der Waals surface area (Å²) in [4.78, 5) is 65.8. The molecule has 7 N–H and O–H groups in total. The fraction of sp³-hybridized carbons (Fsp3) is 0.300. The normalized spacial score (nSPS) is 15.2. The first-order chi connectivity index (χ1) is 16.7. The molecule has 15 heteroatoms. The van der Waals surface area contributed by atoms with Crippen LogP contribution in [0.5, 0.6) is 0 Å². The van der Waals surface area contributed by atoms with Gasteiger partial charge in [-0.3, -0.25) is 24.2 Å². The van der Waals surface area contributed by atoms with Gasteiger partial charge in [-0.2, -0.15) is 4.98 Å². The summed E-state index contributed by atoms with van der Waals surface area (Å²) in [5, 5.41) is 29.3. The van der Waals surface area contributed by atoms with Crippen molar-refractivity contribution >= 4 is 47.4 Å². The lowest BCUT2D eigenvalue weighted by Crippen LogP contribution is -2.49. The second kappa shape index (κ2) is 10.9. The van der Waals surface area contributed by atoms with E-state index in [9.17, 15) is 29.1 Å². The molecule has 1 aromatic heterocycles. The van der Waals surface area contributed by atoms with Crippen LogP contribution < -0.4 is 26.4 Å². The third-order valence-corrected chi connectivity index (χ3v) is 5.20. The Hall–Kier alpha value is -4.82. The molecule has 1 aliphatic rings. The molecular weight excluding hydrogens is 464 g/mol. The van der Waals surface area contributed by atoms with E-state index in [-0.39, 0.29) is 42.5 Å². The number of nitrogens with zero attached hydrogens (tertiary/aromatic N) is 3. The Morgan fingerprint density at radius 3 is 2.60 bits per heavy atom. The van der Waals surface area contributed by atoms with Gasteiger partial charge in [0.2, 0.25) is 6.41 Å². The summed E-state index contributed by atoms with van der Waals surface area (Å²) in [7, 11) is 0. The maximum atomic E-state index is 12.3. The summed E-state index contributed by atoms with van der Waals surface area (Å²) in [5.74, 6) is -3.22. The molecule has 35 heavy (non-hydrogen) atoms. The third kappa shape index (κ3) is 5.95. The lowest BCUT2D eigenvalue weighted by atomic mass is 10.1. The van der Waals surface area contributed by atoms with Crippen LogP contribution in [0.25, 0.3) is 0 Å². The maximum absolute atomic E-state index is 12.3. The number of carboxylic acids is 2. The van der Waals surface area contributed by atoms with Crippen LogP contribution in [0.15, 0.2) is 34.2 Å². The van der Waals surface area contributed by atoms with Crippen LogP contribution in [0.1, 0.15) is 23.2 Å². The molecule has 0 saturated carbocycles. The van der Waals surface area contributed by atoms with Crippen molar-refractivity contribution in [3.8, 4) is 0 Å². The van der Waals surface area contributed by atoms with Crippen LogP contribution in [-0.4, -0.2) is 69.6 Å². The highest BCUT2D eigenvalue weighted by atomic mass is 16.4. The number of hydrogen-bond acceptors (Lipinski definition) is 10. The smallest absolute Gasteiger partial charge is 0.326 e. The standard InChI is InChI=1S/C20H22N8O7/c21-27-20-25-16-15(18(33)26-20)28(9-29)12(8-23-16)7-22-11-3-1-10(2-4-11)17(32)24-13(19(34)35)5-6-14(30)31/h1-4,9,12-13,21-22H,5-8H2,(H,24,32)(H,30,31)(H,34,35)(H2,23,25,26,33). The highest BCUT2D eigenvalue weighted by molar-refractivity contribution is 5.97. The minimum Gasteiger partial charge on any atom is -0.481 e. The van der Waals surface area contributed by atoms with E-state index in [4.69, 9.17) is 10.6 Å². The molecule has 1 aliphatic heterocycles. The number of H-pyrrole nitrogens is 1. The van der Waals surface area contributed by atoms with Crippen LogP contribution in [0.3, 0.4) is 0 Å². The van der Waals surface area contributed by atoms with Gasteiger partial charge >= 0.3 is 11.9 Å². The van der Waals surface area contributed by atoms with Crippen molar-refractivity contribution in [2.24, 2.45) is 5.11 Å². The Morgan fingerprint density at radius 1 is 1.29 bits per heavy atom. The van der Waals surface area contributed by atoms with Crippen molar-refractivity contribution in [3.05, 3.63) is 40.2 Å². The highest BCUT2D eigenvalue weighted by Crippen LogP contribution is 2.26. The molecule has 1 aromatic carbocycles. The van der Waals surface area contributed by atoms with Gasteiger partial charge in [0.15, 0.2) is 11.5 Å². The number of aromatic nitrogens is 2. The number of hydrogen-bond donors (Lipinski definition) is 7. The molecule has 0 radical (unpaired) electrons. The molecule has 2 aromatic rings. The zero-order valence-electron chi connectivity index (χ0n) is 18.1. The Labute approximate surface area is 197 Å². The molecule has 184 valence electrons. The molecule has 0 saturated heterocycles. The zero-order chi connectivity index (χ0) is 25.5. The number of carbonyl (C=O) groups excluding carboxylic acids is 2. The molecule has 3 rings (SSSR count). The predicted octanol–water partition coefficient (Wildman–Crippen LogP) is 0.349. The lowest BCUT2D eigenvalue weighted by Gasteiger charge is -2.33. The van der Waals surface area contributed by atoms with Crippen molar-refractivity contribution in [1.29, 1.82) is 5.53 Å². The molecule has 15 nitrogen and oxygen atoms in total. The first-order valence-electron chi connectivity index (χ1n) is 10.3. The minimum absolute atomic E-state index is 0.00773. The fourth-order valence-corrected chi connectivity index (χ4v) is 3.42. The van der Waals surface area contributed by atoms with Crippen LogP contribution in [-0.2, 0) is 14.4 Å². The number of carbonyl (C=O) groups is 4. The van der Waals surface area contributed by atoms with E-state index in [1.165, 1.54) is 17.0 Å². The van der Waals surface area contributed by atoms with Gasteiger partial charge < -0.3 is 31.1 Å². The second-order valence-corrected chi connectivity index (χ2v) is 7.50. The average Bonchev–Trinajstić information content (AvgIpc) is 2.84. The molecule has 2 unspecified atom stereocenters.